The van der Waals surface area contributed by atoms with E-state index in [1.54, 1.807) is 14.0 Å². The molecule has 0 fully saturated rings. The monoisotopic (exact) mass is 320 g/mol. The van der Waals surface area contributed by atoms with Gasteiger partial charge in [-0.15, -0.1) is 6.58 Å². The summed E-state index contributed by atoms with van der Waals surface area (Å²) in [6, 6.07) is 2.55. The van der Waals surface area contributed by atoms with Crippen molar-refractivity contribution in [1.29, 1.82) is 0 Å². The minimum Gasteiger partial charge on any atom is -0.316 e. The fraction of sp³-hybridized carbons (Fsp3) is 0.385. The zero-order valence-electron chi connectivity index (χ0n) is 11.5. The highest BCUT2D eigenvalue weighted by Gasteiger charge is 2.27. The molecule has 0 aliphatic heterocycles. The Balaban J connectivity index is 3.40. The zero-order valence-corrected chi connectivity index (χ0v) is 13.1. The molecule has 0 spiro atoms. The van der Waals surface area contributed by atoms with Gasteiger partial charge >= 0.3 is 0 Å². The number of sulfonamides is 1. The molecule has 0 amide bonds. The Hall–Kier alpha value is -0.950. The summed E-state index contributed by atoms with van der Waals surface area (Å²) in [4.78, 5) is -0.404. The third-order valence-electron chi connectivity index (χ3n) is 2.75. The number of nitrogens with zero attached hydrogens (tertiary/aromatic N) is 1. The Bertz CT molecular complexity index is 590. The van der Waals surface area contributed by atoms with E-state index in [-0.39, 0.29) is 30.2 Å². The van der Waals surface area contributed by atoms with Crippen molar-refractivity contribution >= 4 is 21.6 Å². The Morgan fingerprint density at radius 2 is 2.15 bits per heavy atom. The van der Waals surface area contributed by atoms with Gasteiger partial charge in [-0.05, 0) is 19.2 Å². The van der Waals surface area contributed by atoms with E-state index in [1.807, 2.05) is 0 Å². The van der Waals surface area contributed by atoms with Crippen LogP contribution in [-0.2, 0) is 16.6 Å². The van der Waals surface area contributed by atoms with Crippen molar-refractivity contribution in [3.05, 3.63) is 41.2 Å². The van der Waals surface area contributed by atoms with Gasteiger partial charge in [-0.3, -0.25) is 0 Å². The predicted octanol–water partition coefficient (Wildman–Crippen LogP) is 2.40. The first kappa shape index (κ1) is 17.1. The number of nitrogens with one attached hydrogen (secondary N) is 1. The number of rotatable bonds is 7. The molecule has 1 rings (SSSR count). The van der Waals surface area contributed by atoms with Crippen LogP contribution in [0.2, 0.25) is 5.02 Å². The third-order valence-corrected chi connectivity index (χ3v) is 4.91. The molecule has 4 nitrogen and oxygen atoms in total. The van der Waals surface area contributed by atoms with E-state index in [1.165, 1.54) is 12.1 Å². The van der Waals surface area contributed by atoms with Gasteiger partial charge in [0.1, 0.15) is 10.7 Å². The van der Waals surface area contributed by atoms with Gasteiger partial charge in [0.2, 0.25) is 10.0 Å². The Morgan fingerprint density at radius 1 is 1.50 bits per heavy atom. The lowest BCUT2D eigenvalue weighted by Crippen LogP contribution is -2.32. The van der Waals surface area contributed by atoms with Crippen molar-refractivity contribution in [2.24, 2.45) is 0 Å². The maximum atomic E-state index is 14.3. The van der Waals surface area contributed by atoms with Gasteiger partial charge in [-0.1, -0.05) is 24.6 Å². The molecule has 112 valence electrons. The lowest BCUT2D eigenvalue weighted by Gasteiger charge is -2.20. The molecule has 7 heteroatoms. The summed E-state index contributed by atoms with van der Waals surface area (Å²) >= 11 is 5.89. The average molecular weight is 321 g/mol. The molecule has 1 aromatic carbocycles. The van der Waals surface area contributed by atoms with E-state index >= 15 is 0 Å². The van der Waals surface area contributed by atoms with Gasteiger partial charge in [0, 0.05) is 30.2 Å². The molecule has 1 aromatic rings. The van der Waals surface area contributed by atoms with Gasteiger partial charge in [0.25, 0.3) is 0 Å². The fourth-order valence-corrected chi connectivity index (χ4v) is 3.66. The summed E-state index contributed by atoms with van der Waals surface area (Å²) in [6.45, 7) is 5.72. The van der Waals surface area contributed by atoms with E-state index in [9.17, 15) is 12.8 Å². The minimum absolute atomic E-state index is 0.117. The van der Waals surface area contributed by atoms with E-state index in [2.05, 4.69) is 11.9 Å². The van der Waals surface area contributed by atoms with Crippen molar-refractivity contribution < 1.29 is 12.8 Å². The maximum absolute atomic E-state index is 14.3. The van der Waals surface area contributed by atoms with Crippen LogP contribution in [0.3, 0.4) is 0 Å². The summed E-state index contributed by atoms with van der Waals surface area (Å²) in [5.41, 5.74) is 0.216. The SMILES string of the molecule is C=CCN(CC)S(=O)(=O)c1cc(Cl)cc(CNC)c1F. The first-order valence-electron chi connectivity index (χ1n) is 6.12. The highest BCUT2D eigenvalue weighted by atomic mass is 35.5. The highest BCUT2D eigenvalue weighted by Crippen LogP contribution is 2.26. The van der Waals surface area contributed by atoms with Crippen molar-refractivity contribution in [3.63, 3.8) is 0 Å². The van der Waals surface area contributed by atoms with Gasteiger partial charge in [-0.2, -0.15) is 4.31 Å². The second-order valence-electron chi connectivity index (χ2n) is 4.15. The van der Waals surface area contributed by atoms with Crippen LogP contribution in [0, 0.1) is 5.82 Å². The molecule has 0 atom stereocenters. The Morgan fingerprint density at radius 3 is 2.65 bits per heavy atom. The van der Waals surface area contributed by atoms with Crippen LogP contribution in [0.4, 0.5) is 4.39 Å². The lowest BCUT2D eigenvalue weighted by atomic mass is 10.2. The predicted molar refractivity (Wildman–Crippen MR) is 78.8 cm³/mol. The second kappa shape index (κ2) is 7.17. The van der Waals surface area contributed by atoms with Crippen molar-refractivity contribution in [2.75, 3.05) is 20.1 Å². The highest BCUT2D eigenvalue weighted by molar-refractivity contribution is 7.89. The summed E-state index contributed by atoms with van der Waals surface area (Å²) in [7, 11) is -2.29. The van der Waals surface area contributed by atoms with E-state index in [0.29, 0.717) is 0 Å². The summed E-state index contributed by atoms with van der Waals surface area (Å²) in [5, 5.41) is 2.96. The second-order valence-corrected chi connectivity index (χ2v) is 6.49. The maximum Gasteiger partial charge on any atom is 0.246 e. The van der Waals surface area contributed by atoms with E-state index in [4.69, 9.17) is 11.6 Å². The van der Waals surface area contributed by atoms with Crippen LogP contribution < -0.4 is 5.32 Å². The molecule has 0 heterocycles. The van der Waals surface area contributed by atoms with Crippen LogP contribution in [-0.4, -0.2) is 32.9 Å². The molecule has 0 bridgehead atoms. The van der Waals surface area contributed by atoms with Crippen LogP contribution in [0.25, 0.3) is 0 Å². The number of halogens is 2. The molecular formula is C13H18ClFN2O2S. The normalized spacial score (nSPS) is 11.8. The summed E-state index contributed by atoms with van der Waals surface area (Å²) < 4.78 is 40.4. The van der Waals surface area contributed by atoms with Crippen LogP contribution >= 0.6 is 11.6 Å². The molecule has 0 saturated carbocycles. The molecule has 20 heavy (non-hydrogen) atoms. The van der Waals surface area contributed by atoms with Crippen LogP contribution in [0.15, 0.2) is 29.7 Å². The minimum atomic E-state index is -3.93. The Kier molecular flexibility index (Phi) is 6.13. The number of likely N-dealkylation sites (N-methyl/N-ethyl adjacent to an activating group) is 1. The molecule has 0 aliphatic carbocycles. The van der Waals surface area contributed by atoms with Gasteiger partial charge in [0.15, 0.2) is 0 Å². The number of hydrogen-bond donors (Lipinski definition) is 1. The fourth-order valence-electron chi connectivity index (χ4n) is 1.81. The molecule has 0 aromatic heterocycles. The third kappa shape index (κ3) is 3.58. The lowest BCUT2D eigenvalue weighted by molar-refractivity contribution is 0.452. The molecular weight excluding hydrogens is 303 g/mol. The average Bonchev–Trinajstić information content (AvgIpc) is 2.39. The quantitative estimate of drug-likeness (QED) is 0.785. The van der Waals surface area contributed by atoms with Crippen molar-refractivity contribution in [3.8, 4) is 0 Å². The summed E-state index contributed by atoms with van der Waals surface area (Å²) in [5.74, 6) is -0.772. The van der Waals surface area contributed by atoms with Crippen LogP contribution in [0.5, 0.6) is 0 Å². The molecule has 0 aliphatic rings. The van der Waals surface area contributed by atoms with E-state index < -0.39 is 20.7 Å². The first-order valence-corrected chi connectivity index (χ1v) is 7.93. The standard InChI is InChI=1S/C13H18ClFN2O2S/c1-4-6-17(5-2)20(18,19)12-8-11(14)7-10(9-16-3)13(12)15/h4,7-8,16H,1,5-6,9H2,2-3H3. The smallest absolute Gasteiger partial charge is 0.246 e. The first-order chi connectivity index (χ1) is 9.38. The van der Waals surface area contributed by atoms with Gasteiger partial charge in [0.05, 0.1) is 0 Å². The molecule has 0 radical (unpaired) electrons. The molecule has 0 saturated heterocycles. The van der Waals surface area contributed by atoms with Gasteiger partial charge < -0.3 is 5.32 Å². The molecule has 0 unspecified atom stereocenters. The molecule has 1 N–H and O–H groups in total. The Labute approximate surface area is 124 Å². The zero-order chi connectivity index (χ0) is 15.3. The topological polar surface area (TPSA) is 49.4 Å². The van der Waals surface area contributed by atoms with Crippen molar-refractivity contribution in [1.82, 2.24) is 9.62 Å². The van der Waals surface area contributed by atoms with E-state index in [0.717, 1.165) is 10.4 Å². The largest absolute Gasteiger partial charge is 0.316 e. The van der Waals surface area contributed by atoms with Crippen molar-refractivity contribution in [2.45, 2.75) is 18.4 Å². The van der Waals surface area contributed by atoms with Crippen LogP contribution in [0.1, 0.15) is 12.5 Å². The number of hydrogen-bond acceptors (Lipinski definition) is 3. The number of benzene rings is 1. The summed E-state index contributed by atoms with van der Waals surface area (Å²) in [6.07, 6.45) is 1.46. The van der Waals surface area contributed by atoms with Gasteiger partial charge in [-0.25, -0.2) is 12.8 Å².